The highest BCUT2D eigenvalue weighted by atomic mass is 16.6. The highest BCUT2D eigenvalue weighted by Crippen LogP contribution is 2.25. The lowest BCUT2D eigenvalue weighted by molar-refractivity contribution is -0.385. The minimum absolute atomic E-state index is 0.0586. The molecule has 2 aromatic heterocycles. The van der Waals surface area contributed by atoms with E-state index in [0.29, 0.717) is 11.7 Å². The molecule has 1 atom stereocenters. The van der Waals surface area contributed by atoms with Gasteiger partial charge in [-0.2, -0.15) is 5.10 Å². The van der Waals surface area contributed by atoms with Gasteiger partial charge in [0.15, 0.2) is 5.76 Å². The Bertz CT molecular complexity index is 763. The van der Waals surface area contributed by atoms with Crippen LogP contribution in [0.25, 0.3) is 11.3 Å². The van der Waals surface area contributed by atoms with Gasteiger partial charge in [0.2, 0.25) is 5.89 Å². The SMILES string of the molecule is C[C@H](c1ncc(-c2ccccc2)o1)n1cc([N+](=O)[O-])cn1. The molecule has 0 saturated heterocycles. The fourth-order valence-corrected chi connectivity index (χ4v) is 1.96. The molecule has 0 amide bonds. The van der Waals surface area contributed by atoms with Gasteiger partial charge in [-0.15, -0.1) is 0 Å². The van der Waals surface area contributed by atoms with Crippen LogP contribution in [0.5, 0.6) is 0 Å². The van der Waals surface area contributed by atoms with E-state index in [-0.39, 0.29) is 11.7 Å². The van der Waals surface area contributed by atoms with E-state index in [9.17, 15) is 10.1 Å². The van der Waals surface area contributed by atoms with E-state index < -0.39 is 4.92 Å². The van der Waals surface area contributed by atoms with Gasteiger partial charge in [0.05, 0.1) is 11.1 Å². The van der Waals surface area contributed by atoms with Gasteiger partial charge >= 0.3 is 5.69 Å². The number of aromatic nitrogens is 3. The van der Waals surface area contributed by atoms with Crippen LogP contribution in [-0.4, -0.2) is 19.7 Å². The third-order valence-electron chi connectivity index (χ3n) is 3.13. The van der Waals surface area contributed by atoms with Crippen molar-refractivity contribution < 1.29 is 9.34 Å². The number of nitro groups is 1. The van der Waals surface area contributed by atoms with E-state index in [0.717, 1.165) is 5.56 Å². The van der Waals surface area contributed by atoms with E-state index >= 15 is 0 Å². The second-order valence-electron chi connectivity index (χ2n) is 4.54. The number of rotatable bonds is 4. The van der Waals surface area contributed by atoms with Crippen LogP contribution in [0.2, 0.25) is 0 Å². The molecule has 7 heteroatoms. The Kier molecular flexibility index (Phi) is 3.23. The van der Waals surface area contributed by atoms with Gasteiger partial charge in [-0.1, -0.05) is 30.3 Å². The first-order valence-electron chi connectivity index (χ1n) is 6.35. The summed E-state index contributed by atoms with van der Waals surface area (Å²) in [6.07, 6.45) is 4.20. The van der Waals surface area contributed by atoms with Crippen molar-refractivity contribution in [2.45, 2.75) is 13.0 Å². The summed E-state index contributed by atoms with van der Waals surface area (Å²) in [6, 6.07) is 9.28. The number of benzene rings is 1. The van der Waals surface area contributed by atoms with Crippen LogP contribution in [0.3, 0.4) is 0 Å². The molecular weight excluding hydrogens is 272 g/mol. The largest absolute Gasteiger partial charge is 0.438 e. The molecule has 7 nitrogen and oxygen atoms in total. The van der Waals surface area contributed by atoms with Crippen molar-refractivity contribution in [2.75, 3.05) is 0 Å². The first kappa shape index (κ1) is 13.0. The molecule has 0 bridgehead atoms. The minimum Gasteiger partial charge on any atom is -0.438 e. The summed E-state index contributed by atoms with van der Waals surface area (Å²) in [7, 11) is 0. The molecule has 0 N–H and O–H groups in total. The zero-order valence-electron chi connectivity index (χ0n) is 11.2. The summed E-state index contributed by atoms with van der Waals surface area (Å²) in [5.74, 6) is 1.10. The molecule has 2 heterocycles. The third-order valence-corrected chi connectivity index (χ3v) is 3.13. The molecule has 0 saturated carbocycles. The van der Waals surface area contributed by atoms with Gasteiger partial charge in [0.1, 0.15) is 18.4 Å². The van der Waals surface area contributed by atoms with E-state index in [1.807, 2.05) is 37.3 Å². The normalized spacial score (nSPS) is 12.2. The van der Waals surface area contributed by atoms with Crippen molar-refractivity contribution >= 4 is 5.69 Å². The molecule has 0 fully saturated rings. The van der Waals surface area contributed by atoms with Gasteiger partial charge in [-0.25, -0.2) is 4.98 Å². The Hall–Kier alpha value is -2.96. The van der Waals surface area contributed by atoms with Crippen LogP contribution in [0.15, 0.2) is 53.3 Å². The summed E-state index contributed by atoms with van der Waals surface area (Å²) in [6.45, 7) is 1.82. The standard InChI is InChI=1S/C14H12N4O3/c1-10(17-9-12(7-16-17)18(19)20)14-15-8-13(21-14)11-5-3-2-4-6-11/h2-10H,1H3/t10-/m1/s1. The number of hydrogen-bond acceptors (Lipinski definition) is 5. The topological polar surface area (TPSA) is 87.0 Å². The maximum absolute atomic E-state index is 10.7. The zero-order chi connectivity index (χ0) is 14.8. The first-order valence-corrected chi connectivity index (χ1v) is 6.35. The van der Waals surface area contributed by atoms with Crippen LogP contribution >= 0.6 is 0 Å². The van der Waals surface area contributed by atoms with Crippen LogP contribution in [0.1, 0.15) is 18.9 Å². The smallest absolute Gasteiger partial charge is 0.307 e. The molecule has 0 unspecified atom stereocenters. The molecule has 21 heavy (non-hydrogen) atoms. The maximum Gasteiger partial charge on any atom is 0.307 e. The number of nitrogens with zero attached hydrogens (tertiary/aromatic N) is 4. The van der Waals surface area contributed by atoms with Crippen LogP contribution in [0.4, 0.5) is 5.69 Å². The lowest BCUT2D eigenvalue weighted by Crippen LogP contribution is -2.07. The highest BCUT2D eigenvalue weighted by Gasteiger charge is 2.18. The summed E-state index contributed by atoms with van der Waals surface area (Å²) < 4.78 is 7.17. The zero-order valence-corrected chi connectivity index (χ0v) is 11.2. The van der Waals surface area contributed by atoms with Gasteiger partial charge in [0, 0.05) is 5.56 Å². The lowest BCUT2D eigenvalue weighted by atomic mass is 10.2. The van der Waals surface area contributed by atoms with Crippen molar-refractivity contribution in [1.82, 2.24) is 14.8 Å². The van der Waals surface area contributed by atoms with Crippen molar-refractivity contribution in [3.8, 4) is 11.3 Å². The van der Waals surface area contributed by atoms with Crippen LogP contribution in [-0.2, 0) is 0 Å². The van der Waals surface area contributed by atoms with Crippen molar-refractivity contribution in [3.05, 3.63) is 64.9 Å². The maximum atomic E-state index is 10.7. The molecule has 0 aliphatic heterocycles. The highest BCUT2D eigenvalue weighted by molar-refractivity contribution is 5.55. The van der Waals surface area contributed by atoms with Crippen LogP contribution in [0, 0.1) is 10.1 Å². The third kappa shape index (κ3) is 2.53. The molecule has 3 aromatic rings. The Morgan fingerprint density at radius 2 is 2.05 bits per heavy atom. The Morgan fingerprint density at radius 1 is 1.29 bits per heavy atom. The van der Waals surface area contributed by atoms with E-state index in [1.54, 1.807) is 6.20 Å². The van der Waals surface area contributed by atoms with Gasteiger partial charge in [-0.05, 0) is 6.92 Å². The minimum atomic E-state index is -0.485. The summed E-state index contributed by atoms with van der Waals surface area (Å²) >= 11 is 0. The van der Waals surface area contributed by atoms with E-state index in [2.05, 4.69) is 10.1 Å². The van der Waals surface area contributed by atoms with Crippen molar-refractivity contribution in [2.24, 2.45) is 0 Å². The quantitative estimate of drug-likeness (QED) is 0.542. The monoisotopic (exact) mass is 284 g/mol. The van der Waals surface area contributed by atoms with Crippen molar-refractivity contribution in [3.63, 3.8) is 0 Å². The summed E-state index contributed by atoms with van der Waals surface area (Å²) in [5.41, 5.74) is 0.867. The number of oxazole rings is 1. The molecule has 0 spiro atoms. The fraction of sp³-hybridized carbons (Fsp3) is 0.143. The fourth-order valence-electron chi connectivity index (χ4n) is 1.96. The average Bonchev–Trinajstić information content (AvgIpc) is 3.17. The molecule has 0 aliphatic carbocycles. The van der Waals surface area contributed by atoms with E-state index in [1.165, 1.54) is 17.1 Å². The van der Waals surface area contributed by atoms with Gasteiger partial charge < -0.3 is 4.42 Å². The lowest BCUT2D eigenvalue weighted by Gasteiger charge is -2.06. The second-order valence-corrected chi connectivity index (χ2v) is 4.54. The molecule has 106 valence electrons. The molecule has 3 rings (SSSR count). The van der Waals surface area contributed by atoms with E-state index in [4.69, 9.17) is 4.42 Å². The summed E-state index contributed by atoms with van der Waals surface area (Å²) in [4.78, 5) is 14.4. The second kappa shape index (κ2) is 5.20. The molecule has 0 aliphatic rings. The molecule has 0 radical (unpaired) electrons. The average molecular weight is 284 g/mol. The van der Waals surface area contributed by atoms with Crippen molar-refractivity contribution in [1.29, 1.82) is 0 Å². The number of hydrogen-bond donors (Lipinski definition) is 0. The van der Waals surface area contributed by atoms with Gasteiger partial charge in [0.25, 0.3) is 0 Å². The first-order chi connectivity index (χ1) is 10.1. The summed E-state index contributed by atoms with van der Waals surface area (Å²) in [5, 5.41) is 14.6. The Labute approximate surface area is 120 Å². The predicted octanol–water partition coefficient (Wildman–Crippen LogP) is 3.06. The van der Waals surface area contributed by atoms with Gasteiger partial charge in [-0.3, -0.25) is 14.8 Å². The Morgan fingerprint density at radius 3 is 2.71 bits per heavy atom. The molecular formula is C14H12N4O3. The predicted molar refractivity (Wildman–Crippen MR) is 74.6 cm³/mol. The Balaban J connectivity index is 1.87. The molecule has 1 aromatic carbocycles. The van der Waals surface area contributed by atoms with Crippen LogP contribution < -0.4 is 0 Å².